The Bertz CT molecular complexity index is 1570. The van der Waals surface area contributed by atoms with Gasteiger partial charge < -0.3 is 9.47 Å². The van der Waals surface area contributed by atoms with Gasteiger partial charge in [-0.3, -0.25) is 9.36 Å². The number of nitrogens with zero attached hydrogens (tertiary/aromatic N) is 2. The highest BCUT2D eigenvalue weighted by molar-refractivity contribution is 9.10. The molecule has 9 heteroatoms. The summed E-state index contributed by atoms with van der Waals surface area (Å²) in [5.74, 6) is 2.45. The lowest BCUT2D eigenvalue weighted by Gasteiger charge is -2.25. The first kappa shape index (κ1) is 25.0. The minimum absolute atomic E-state index is 0.0956. The summed E-state index contributed by atoms with van der Waals surface area (Å²) >= 11 is 11.2. The van der Waals surface area contributed by atoms with Crippen molar-refractivity contribution in [3.05, 3.63) is 94.0 Å². The molecule has 1 atom stereocenters. The van der Waals surface area contributed by atoms with Crippen molar-refractivity contribution < 1.29 is 14.3 Å². The first-order chi connectivity index (χ1) is 16.8. The predicted octanol–water partition coefficient (Wildman–Crippen LogP) is 4.23. The Balaban J connectivity index is 1.97. The van der Waals surface area contributed by atoms with Crippen molar-refractivity contribution in [3.8, 4) is 18.1 Å². The van der Waals surface area contributed by atoms with Gasteiger partial charge in [-0.25, -0.2) is 9.79 Å². The Morgan fingerprint density at radius 1 is 1.34 bits per heavy atom. The van der Waals surface area contributed by atoms with Gasteiger partial charge in [-0.05, 0) is 49.8 Å². The fraction of sp³-hybridized carbons (Fsp3) is 0.192. The fourth-order valence-electron chi connectivity index (χ4n) is 3.81. The highest BCUT2D eigenvalue weighted by Gasteiger charge is 2.34. The maximum Gasteiger partial charge on any atom is 0.338 e. The number of rotatable bonds is 6. The van der Waals surface area contributed by atoms with Crippen LogP contribution >= 0.6 is 38.9 Å². The largest absolute Gasteiger partial charge is 0.480 e. The summed E-state index contributed by atoms with van der Waals surface area (Å²) in [6.07, 6.45) is 7.07. The van der Waals surface area contributed by atoms with E-state index in [1.807, 2.05) is 18.2 Å². The van der Waals surface area contributed by atoms with Crippen LogP contribution in [0.3, 0.4) is 0 Å². The third-order valence-electron chi connectivity index (χ3n) is 5.29. The molecule has 0 saturated heterocycles. The number of halogens is 2. The maximum atomic E-state index is 13.7. The zero-order valence-electron chi connectivity index (χ0n) is 18.9. The van der Waals surface area contributed by atoms with E-state index in [1.54, 1.807) is 44.2 Å². The third-order valence-corrected chi connectivity index (χ3v) is 7.11. The smallest absolute Gasteiger partial charge is 0.338 e. The standard InChI is InChI=1S/C26H20BrClN2O4S/c1-4-12-34-20-11-10-17(27)13-16(20)14-21-24(31)30-23(18-8-6-7-9-19(18)28)22(25(32)33-5-2)15(3)29-26(30)35-21/h1,6-11,13-14,23H,5,12H2,2-3H3/b21-14-/t23-/m1/s1. The maximum absolute atomic E-state index is 13.7. The Morgan fingerprint density at radius 3 is 2.83 bits per heavy atom. The van der Waals surface area contributed by atoms with Gasteiger partial charge >= 0.3 is 5.97 Å². The number of hydrogen-bond donors (Lipinski definition) is 0. The van der Waals surface area contributed by atoms with Crippen molar-refractivity contribution in [2.24, 2.45) is 4.99 Å². The van der Waals surface area contributed by atoms with Crippen molar-refractivity contribution in [3.63, 3.8) is 0 Å². The molecule has 1 aliphatic rings. The van der Waals surface area contributed by atoms with Crippen LogP contribution in [0.2, 0.25) is 5.02 Å². The first-order valence-corrected chi connectivity index (χ1v) is 12.6. The minimum Gasteiger partial charge on any atom is -0.480 e. The number of thiazole rings is 1. The molecule has 4 rings (SSSR count). The molecule has 0 spiro atoms. The number of aromatic nitrogens is 1. The molecule has 0 aliphatic carbocycles. The van der Waals surface area contributed by atoms with E-state index in [2.05, 4.69) is 26.8 Å². The Kier molecular flexibility index (Phi) is 7.60. The van der Waals surface area contributed by atoms with Crippen molar-refractivity contribution in [1.29, 1.82) is 0 Å². The number of esters is 1. The quantitative estimate of drug-likeness (QED) is 0.328. The normalized spacial score (nSPS) is 15.3. The average molecular weight is 572 g/mol. The minimum atomic E-state index is -0.777. The van der Waals surface area contributed by atoms with Crippen LogP contribution < -0.4 is 19.6 Å². The molecule has 0 bridgehead atoms. The SMILES string of the molecule is C#CCOc1ccc(Br)cc1/C=c1\sc2n(c1=O)[C@H](c1ccccc1Cl)C(C(=O)OCC)=C(C)N=2. The second-order valence-corrected chi connectivity index (χ2v) is 9.83. The average Bonchev–Trinajstić information content (AvgIpc) is 3.12. The van der Waals surface area contributed by atoms with E-state index in [1.165, 1.54) is 15.9 Å². The number of carbonyl (C=O) groups excluding carboxylic acids is 1. The molecule has 0 unspecified atom stereocenters. The highest BCUT2D eigenvalue weighted by Crippen LogP contribution is 2.34. The second-order valence-electron chi connectivity index (χ2n) is 7.50. The van der Waals surface area contributed by atoms with Crippen LogP contribution in [-0.2, 0) is 9.53 Å². The molecule has 35 heavy (non-hydrogen) atoms. The molecule has 0 amide bonds. The molecule has 0 saturated carbocycles. The molecule has 1 aromatic heterocycles. The zero-order valence-corrected chi connectivity index (χ0v) is 22.0. The summed E-state index contributed by atoms with van der Waals surface area (Å²) in [4.78, 5) is 31.7. The molecule has 178 valence electrons. The number of hydrogen-bond acceptors (Lipinski definition) is 6. The molecule has 2 aromatic carbocycles. The van der Waals surface area contributed by atoms with E-state index in [0.29, 0.717) is 36.9 Å². The van der Waals surface area contributed by atoms with Crippen LogP contribution in [0.4, 0.5) is 0 Å². The van der Waals surface area contributed by atoms with Gasteiger partial charge in [-0.2, -0.15) is 0 Å². The molecule has 0 N–H and O–H groups in total. The molecule has 1 aliphatic heterocycles. The van der Waals surface area contributed by atoms with Crippen molar-refractivity contribution in [1.82, 2.24) is 4.57 Å². The fourth-order valence-corrected chi connectivity index (χ4v) is 5.46. The third kappa shape index (κ3) is 4.98. The summed E-state index contributed by atoms with van der Waals surface area (Å²) in [7, 11) is 0. The Hall–Kier alpha value is -3.12. The van der Waals surface area contributed by atoms with Gasteiger partial charge in [-0.1, -0.05) is 63.0 Å². The van der Waals surface area contributed by atoms with E-state index in [4.69, 9.17) is 27.5 Å². The lowest BCUT2D eigenvalue weighted by molar-refractivity contribution is -0.139. The summed E-state index contributed by atoms with van der Waals surface area (Å²) in [6.45, 7) is 3.75. The number of fused-ring (bicyclic) bond motifs is 1. The van der Waals surface area contributed by atoms with Gasteiger partial charge in [0.15, 0.2) is 4.80 Å². The van der Waals surface area contributed by atoms with Crippen molar-refractivity contribution in [2.45, 2.75) is 19.9 Å². The van der Waals surface area contributed by atoms with Crippen molar-refractivity contribution >= 4 is 50.9 Å². The van der Waals surface area contributed by atoms with E-state index in [-0.39, 0.29) is 24.3 Å². The summed E-state index contributed by atoms with van der Waals surface area (Å²) in [5, 5.41) is 0.431. The number of benzene rings is 2. The topological polar surface area (TPSA) is 69.9 Å². The Labute approximate surface area is 219 Å². The Morgan fingerprint density at radius 2 is 2.11 bits per heavy atom. The van der Waals surface area contributed by atoms with Crippen LogP contribution in [0.15, 0.2) is 68.0 Å². The van der Waals surface area contributed by atoms with Gasteiger partial charge in [0.05, 0.1) is 22.4 Å². The van der Waals surface area contributed by atoms with E-state index in [9.17, 15) is 9.59 Å². The van der Waals surface area contributed by atoms with Crippen LogP contribution in [0.5, 0.6) is 5.75 Å². The second kappa shape index (κ2) is 10.6. The van der Waals surface area contributed by atoms with Gasteiger partial charge in [-0.15, -0.1) is 6.42 Å². The number of allylic oxidation sites excluding steroid dienone is 1. The first-order valence-electron chi connectivity index (χ1n) is 10.7. The molecule has 0 radical (unpaired) electrons. The molecule has 6 nitrogen and oxygen atoms in total. The van der Waals surface area contributed by atoms with Crippen LogP contribution in [-0.4, -0.2) is 23.8 Å². The molecule has 0 fully saturated rings. The van der Waals surface area contributed by atoms with E-state index < -0.39 is 12.0 Å². The molecule has 2 heterocycles. The molecular formula is C26H20BrClN2O4S. The van der Waals surface area contributed by atoms with E-state index >= 15 is 0 Å². The van der Waals surface area contributed by atoms with Crippen molar-refractivity contribution in [2.75, 3.05) is 13.2 Å². The zero-order chi connectivity index (χ0) is 25.1. The highest BCUT2D eigenvalue weighted by atomic mass is 79.9. The number of ether oxygens (including phenoxy) is 2. The summed E-state index contributed by atoms with van der Waals surface area (Å²) in [6, 6.07) is 11.8. The summed E-state index contributed by atoms with van der Waals surface area (Å²) < 4.78 is 13.7. The van der Waals surface area contributed by atoms with Crippen LogP contribution in [0.25, 0.3) is 6.08 Å². The lowest BCUT2D eigenvalue weighted by atomic mass is 9.96. The molecular weight excluding hydrogens is 552 g/mol. The van der Waals surface area contributed by atoms with Crippen LogP contribution in [0.1, 0.15) is 31.0 Å². The summed E-state index contributed by atoms with van der Waals surface area (Å²) in [5.41, 5.74) is 1.73. The van der Waals surface area contributed by atoms with Gasteiger partial charge in [0.1, 0.15) is 18.4 Å². The van der Waals surface area contributed by atoms with Gasteiger partial charge in [0.2, 0.25) is 0 Å². The number of terminal acetylenes is 1. The lowest BCUT2D eigenvalue weighted by Crippen LogP contribution is -2.40. The van der Waals surface area contributed by atoms with E-state index in [0.717, 1.165) is 4.47 Å². The molecule has 3 aromatic rings. The van der Waals surface area contributed by atoms with Gasteiger partial charge in [0, 0.05) is 15.1 Å². The predicted molar refractivity (Wildman–Crippen MR) is 140 cm³/mol. The van der Waals surface area contributed by atoms with Crippen LogP contribution in [0, 0.1) is 12.3 Å². The van der Waals surface area contributed by atoms with Gasteiger partial charge in [0.25, 0.3) is 5.56 Å². The number of carbonyl (C=O) groups is 1. The monoisotopic (exact) mass is 570 g/mol.